The molecule has 0 saturated carbocycles. The summed E-state index contributed by atoms with van der Waals surface area (Å²) in [6.45, 7) is 7.49. The summed E-state index contributed by atoms with van der Waals surface area (Å²) in [7, 11) is 0. The molecule has 1 fully saturated rings. The molecule has 1 aromatic carbocycles. The minimum atomic E-state index is -0.657. The first-order chi connectivity index (χ1) is 18.8. The lowest BCUT2D eigenvalue weighted by atomic mass is 9.96. The number of benzene rings is 1. The van der Waals surface area contributed by atoms with Crippen molar-refractivity contribution in [3.63, 3.8) is 0 Å². The van der Waals surface area contributed by atoms with E-state index in [9.17, 15) is 9.18 Å². The molecule has 0 aliphatic carbocycles. The lowest BCUT2D eigenvalue weighted by Gasteiger charge is -2.36. The third-order valence-corrected chi connectivity index (χ3v) is 7.51. The first-order valence-corrected chi connectivity index (χ1v) is 13.3. The average Bonchev–Trinajstić information content (AvgIpc) is 2.94. The van der Waals surface area contributed by atoms with Gasteiger partial charge >= 0.3 is 0 Å². The Hall–Kier alpha value is -3.86. The number of nitrogens with one attached hydrogen (secondary N) is 1. The number of likely N-dealkylation sites (tertiary alicyclic amines) is 1. The number of hydrogen-bond acceptors (Lipinski definition) is 8. The SMILES string of the molecule is CCC(C)N1CCOc2c(F)cc(-c3nc(Nc4ccc(CN5CCC(C(N)=O)CC5)cn4)ncc3F)cc21. The lowest BCUT2D eigenvalue weighted by Crippen LogP contribution is -2.39. The van der Waals surface area contributed by atoms with Crippen molar-refractivity contribution in [1.82, 2.24) is 19.9 Å². The van der Waals surface area contributed by atoms with Gasteiger partial charge in [-0.1, -0.05) is 13.0 Å². The topological polar surface area (TPSA) is 110 Å². The van der Waals surface area contributed by atoms with Crippen molar-refractivity contribution in [2.75, 3.05) is 36.5 Å². The first kappa shape index (κ1) is 26.7. The number of anilines is 3. The van der Waals surface area contributed by atoms with Gasteiger partial charge in [0.2, 0.25) is 11.9 Å². The molecule has 11 heteroatoms. The Bertz CT molecular complexity index is 1330. The van der Waals surface area contributed by atoms with Crippen molar-refractivity contribution in [3.8, 4) is 17.0 Å². The van der Waals surface area contributed by atoms with E-state index in [1.165, 1.54) is 6.07 Å². The largest absolute Gasteiger partial charge is 0.486 e. The van der Waals surface area contributed by atoms with E-state index in [1.807, 2.05) is 6.07 Å². The van der Waals surface area contributed by atoms with Crippen LogP contribution in [0.3, 0.4) is 0 Å². The van der Waals surface area contributed by atoms with Crippen LogP contribution in [0.15, 0.2) is 36.7 Å². The van der Waals surface area contributed by atoms with E-state index in [0.29, 0.717) is 30.2 Å². The third-order valence-electron chi connectivity index (χ3n) is 7.51. The monoisotopic (exact) mass is 537 g/mol. The van der Waals surface area contributed by atoms with Crippen molar-refractivity contribution in [3.05, 3.63) is 53.9 Å². The quantitative estimate of drug-likeness (QED) is 0.439. The molecule has 1 amide bonds. The second-order valence-corrected chi connectivity index (χ2v) is 10.1. The molecule has 5 rings (SSSR count). The number of carbonyl (C=O) groups is 1. The molecule has 39 heavy (non-hydrogen) atoms. The van der Waals surface area contributed by atoms with Gasteiger partial charge in [0.25, 0.3) is 0 Å². The van der Waals surface area contributed by atoms with Gasteiger partial charge in [-0.25, -0.2) is 23.7 Å². The molecule has 0 bridgehead atoms. The minimum absolute atomic E-state index is 0.0140. The van der Waals surface area contributed by atoms with Crippen molar-refractivity contribution < 1.29 is 18.3 Å². The number of pyridine rings is 1. The van der Waals surface area contributed by atoms with Gasteiger partial charge in [0, 0.05) is 30.3 Å². The number of primary amides is 1. The minimum Gasteiger partial charge on any atom is -0.486 e. The molecule has 3 N–H and O–H groups in total. The number of amides is 1. The summed E-state index contributed by atoms with van der Waals surface area (Å²) < 4.78 is 35.5. The zero-order chi connectivity index (χ0) is 27.5. The summed E-state index contributed by atoms with van der Waals surface area (Å²) >= 11 is 0. The molecule has 0 radical (unpaired) electrons. The van der Waals surface area contributed by atoms with Crippen LogP contribution in [0.5, 0.6) is 5.75 Å². The maximum atomic E-state index is 15.0. The highest BCUT2D eigenvalue weighted by molar-refractivity contribution is 5.76. The summed E-state index contributed by atoms with van der Waals surface area (Å²) in [6.07, 6.45) is 5.23. The molecule has 0 spiro atoms. The smallest absolute Gasteiger partial charge is 0.229 e. The highest BCUT2D eigenvalue weighted by Crippen LogP contribution is 2.39. The number of nitrogens with zero attached hydrogens (tertiary/aromatic N) is 5. The maximum absolute atomic E-state index is 15.0. The summed E-state index contributed by atoms with van der Waals surface area (Å²) in [6, 6.07) is 6.89. The number of rotatable bonds is 8. The summed E-state index contributed by atoms with van der Waals surface area (Å²) in [5.74, 6) is -0.660. The van der Waals surface area contributed by atoms with Crippen LogP contribution in [0, 0.1) is 17.6 Å². The normalized spacial score (nSPS) is 16.9. The molecule has 1 unspecified atom stereocenters. The van der Waals surface area contributed by atoms with Crippen LogP contribution in [0.2, 0.25) is 0 Å². The molecule has 1 atom stereocenters. The fraction of sp³-hybridized carbons (Fsp3) is 0.429. The van der Waals surface area contributed by atoms with E-state index in [1.54, 1.807) is 18.3 Å². The Kier molecular flexibility index (Phi) is 7.87. The highest BCUT2D eigenvalue weighted by Gasteiger charge is 2.27. The van der Waals surface area contributed by atoms with Crippen LogP contribution >= 0.6 is 0 Å². The molecule has 4 heterocycles. The van der Waals surface area contributed by atoms with Crippen molar-refractivity contribution in [2.45, 2.75) is 45.7 Å². The van der Waals surface area contributed by atoms with E-state index in [2.05, 4.69) is 43.9 Å². The highest BCUT2D eigenvalue weighted by atomic mass is 19.1. The Balaban J connectivity index is 1.31. The Morgan fingerprint density at radius 3 is 2.64 bits per heavy atom. The number of halogens is 2. The third kappa shape index (κ3) is 5.93. The predicted octanol–water partition coefficient (Wildman–Crippen LogP) is 4.26. The van der Waals surface area contributed by atoms with Gasteiger partial charge in [0.05, 0.1) is 18.4 Å². The number of aromatic nitrogens is 3. The fourth-order valence-corrected chi connectivity index (χ4v) is 5.09. The van der Waals surface area contributed by atoms with Crippen LogP contribution in [-0.4, -0.2) is 58.0 Å². The molecule has 2 aliphatic rings. The van der Waals surface area contributed by atoms with Crippen molar-refractivity contribution in [2.24, 2.45) is 11.7 Å². The van der Waals surface area contributed by atoms with Crippen LogP contribution < -0.4 is 20.7 Å². The number of ether oxygens (including phenoxy) is 1. The number of fused-ring (bicyclic) bond motifs is 1. The molecule has 9 nitrogen and oxygen atoms in total. The number of nitrogens with two attached hydrogens (primary N) is 1. The molecular weight excluding hydrogens is 504 g/mol. The van der Waals surface area contributed by atoms with Gasteiger partial charge in [-0.2, -0.15) is 0 Å². The van der Waals surface area contributed by atoms with E-state index >= 15 is 4.39 Å². The average molecular weight is 538 g/mol. The van der Waals surface area contributed by atoms with Gasteiger partial charge in [0.1, 0.15) is 18.1 Å². The predicted molar refractivity (Wildman–Crippen MR) is 145 cm³/mol. The van der Waals surface area contributed by atoms with E-state index < -0.39 is 11.6 Å². The van der Waals surface area contributed by atoms with Crippen molar-refractivity contribution >= 4 is 23.4 Å². The van der Waals surface area contributed by atoms with Crippen LogP contribution in [-0.2, 0) is 11.3 Å². The van der Waals surface area contributed by atoms with Crippen LogP contribution in [0.1, 0.15) is 38.7 Å². The standard InChI is InChI=1S/C28H33F2N7O2/c1-3-17(2)37-10-11-39-26-21(29)12-20(13-23(26)37)25-22(30)15-33-28(35-25)34-24-5-4-18(14-32-24)16-36-8-6-19(7-9-36)27(31)38/h4-5,12-15,17,19H,3,6-11,16H2,1-2H3,(H2,31,38)(H,32,33,34,35). The molecule has 2 aromatic heterocycles. The van der Waals surface area contributed by atoms with Gasteiger partial charge in [-0.3, -0.25) is 9.69 Å². The molecule has 1 saturated heterocycles. The van der Waals surface area contributed by atoms with Crippen molar-refractivity contribution in [1.29, 1.82) is 0 Å². The second-order valence-electron chi connectivity index (χ2n) is 10.1. The van der Waals surface area contributed by atoms with E-state index in [0.717, 1.165) is 50.7 Å². The Morgan fingerprint density at radius 2 is 1.95 bits per heavy atom. The summed E-state index contributed by atoms with van der Waals surface area (Å²) in [4.78, 5) is 28.6. The summed E-state index contributed by atoms with van der Waals surface area (Å²) in [5, 5.41) is 3.01. The second kappa shape index (κ2) is 11.5. The molecular formula is C28H33F2N7O2. The van der Waals surface area contributed by atoms with E-state index in [-0.39, 0.29) is 35.3 Å². The Labute approximate surface area is 226 Å². The lowest BCUT2D eigenvalue weighted by molar-refractivity contribution is -0.123. The molecule has 206 valence electrons. The van der Waals surface area contributed by atoms with Gasteiger partial charge in [-0.05, 0) is 63.0 Å². The Morgan fingerprint density at radius 1 is 1.15 bits per heavy atom. The van der Waals surface area contributed by atoms with Crippen LogP contribution in [0.25, 0.3) is 11.3 Å². The zero-order valence-electron chi connectivity index (χ0n) is 22.2. The van der Waals surface area contributed by atoms with Crippen LogP contribution in [0.4, 0.5) is 26.2 Å². The van der Waals surface area contributed by atoms with Gasteiger partial charge in [0.15, 0.2) is 17.4 Å². The maximum Gasteiger partial charge on any atom is 0.229 e. The number of piperidine rings is 1. The zero-order valence-corrected chi connectivity index (χ0v) is 22.2. The first-order valence-electron chi connectivity index (χ1n) is 13.3. The molecule has 2 aliphatic heterocycles. The number of hydrogen-bond donors (Lipinski definition) is 2. The van der Waals surface area contributed by atoms with E-state index in [4.69, 9.17) is 10.5 Å². The van der Waals surface area contributed by atoms with Gasteiger partial charge < -0.3 is 20.7 Å². The summed E-state index contributed by atoms with van der Waals surface area (Å²) in [5.41, 5.74) is 7.33. The fourth-order valence-electron chi connectivity index (χ4n) is 5.09. The molecule has 3 aromatic rings. The number of carbonyl (C=O) groups excluding carboxylic acids is 1. The van der Waals surface area contributed by atoms with Gasteiger partial charge in [-0.15, -0.1) is 0 Å².